The highest BCUT2D eigenvalue weighted by atomic mass is 32.2. The van der Waals surface area contributed by atoms with Crippen LogP contribution in [0.4, 0.5) is 5.82 Å². The minimum Gasteiger partial charge on any atom is -0.462 e. The maximum Gasteiger partial charge on any atom is 0.348 e. The molecule has 1 aliphatic rings. The van der Waals surface area contributed by atoms with Crippen LogP contribution < -0.4 is 4.90 Å². The van der Waals surface area contributed by atoms with Crippen LogP contribution in [0.25, 0.3) is 21.0 Å². The van der Waals surface area contributed by atoms with Gasteiger partial charge in [-0.25, -0.2) is 23.2 Å². The van der Waals surface area contributed by atoms with E-state index in [1.54, 1.807) is 19.1 Å². The normalized spacial score (nSPS) is 15.2. The van der Waals surface area contributed by atoms with Crippen molar-refractivity contribution in [2.45, 2.75) is 18.7 Å². The van der Waals surface area contributed by atoms with Gasteiger partial charge >= 0.3 is 5.97 Å². The van der Waals surface area contributed by atoms with Crippen molar-refractivity contribution in [3.05, 3.63) is 59.2 Å². The number of thiophene rings is 1. The highest BCUT2D eigenvalue weighted by Gasteiger charge is 2.30. The van der Waals surface area contributed by atoms with Crippen LogP contribution in [0, 0.1) is 6.92 Å². The van der Waals surface area contributed by atoms with Gasteiger partial charge in [-0.2, -0.15) is 4.31 Å². The largest absolute Gasteiger partial charge is 0.462 e. The Bertz CT molecular complexity index is 1490. The zero-order valence-corrected chi connectivity index (χ0v) is 20.5. The highest BCUT2D eigenvalue weighted by Crippen LogP contribution is 2.36. The minimum atomic E-state index is -3.61. The second-order valence-electron chi connectivity index (χ2n) is 8.05. The second-order valence-corrected chi connectivity index (χ2v) is 11.0. The van der Waals surface area contributed by atoms with Gasteiger partial charge in [0.25, 0.3) is 0 Å². The Morgan fingerprint density at radius 3 is 2.53 bits per heavy atom. The lowest BCUT2D eigenvalue weighted by atomic mass is 10.1. The molecule has 0 saturated carbocycles. The van der Waals surface area contributed by atoms with Crippen LogP contribution in [0.3, 0.4) is 0 Å². The van der Waals surface area contributed by atoms with E-state index in [9.17, 15) is 13.2 Å². The average molecular weight is 497 g/mol. The van der Waals surface area contributed by atoms with Gasteiger partial charge in [0, 0.05) is 26.2 Å². The fraction of sp³-hybridized carbons (Fsp3) is 0.292. The van der Waals surface area contributed by atoms with Crippen LogP contribution in [0.2, 0.25) is 0 Å². The molecule has 1 saturated heterocycles. The first-order chi connectivity index (χ1) is 16.4. The summed E-state index contributed by atoms with van der Waals surface area (Å²) < 4.78 is 33.3. The van der Waals surface area contributed by atoms with Crippen LogP contribution in [0.5, 0.6) is 0 Å². The molecule has 10 heteroatoms. The molecule has 4 aromatic rings. The third-order valence-corrected chi connectivity index (χ3v) is 9.14. The summed E-state index contributed by atoms with van der Waals surface area (Å²) in [5, 5.41) is 2.73. The molecule has 0 aliphatic carbocycles. The molecule has 2 aromatic carbocycles. The first-order valence-electron chi connectivity index (χ1n) is 11.0. The first-order valence-corrected chi connectivity index (χ1v) is 13.3. The number of esters is 1. The third-order valence-electron chi connectivity index (χ3n) is 6.06. The summed E-state index contributed by atoms with van der Waals surface area (Å²) in [6.45, 7) is 5.61. The molecule has 0 amide bonds. The van der Waals surface area contributed by atoms with Gasteiger partial charge < -0.3 is 9.64 Å². The number of anilines is 1. The van der Waals surface area contributed by atoms with Gasteiger partial charge in [-0.1, -0.05) is 30.3 Å². The van der Waals surface area contributed by atoms with Gasteiger partial charge in [-0.3, -0.25) is 0 Å². The number of carbonyl (C=O) groups excluding carboxylic acids is 1. The summed E-state index contributed by atoms with van der Waals surface area (Å²) in [6.07, 6.45) is 1.49. The molecule has 0 unspecified atom stereocenters. The van der Waals surface area contributed by atoms with Crippen molar-refractivity contribution >= 4 is 54.1 Å². The number of aromatic nitrogens is 2. The van der Waals surface area contributed by atoms with Crippen LogP contribution in [0.1, 0.15) is 22.2 Å². The molecule has 5 rings (SSSR count). The number of piperazine rings is 1. The molecule has 34 heavy (non-hydrogen) atoms. The number of rotatable bonds is 5. The Labute approximate surface area is 201 Å². The van der Waals surface area contributed by atoms with Gasteiger partial charge in [0.1, 0.15) is 21.9 Å². The number of hydrogen-bond acceptors (Lipinski definition) is 8. The summed E-state index contributed by atoms with van der Waals surface area (Å²) in [7, 11) is -3.61. The van der Waals surface area contributed by atoms with Crippen molar-refractivity contribution in [2.24, 2.45) is 0 Å². The number of carbonyl (C=O) groups is 1. The van der Waals surface area contributed by atoms with Crippen LogP contribution in [-0.4, -0.2) is 61.4 Å². The van der Waals surface area contributed by atoms with Crippen molar-refractivity contribution in [1.29, 1.82) is 0 Å². The number of aryl methyl sites for hydroxylation is 1. The van der Waals surface area contributed by atoms with E-state index in [2.05, 4.69) is 14.9 Å². The lowest BCUT2D eigenvalue weighted by Gasteiger charge is -2.35. The minimum absolute atomic E-state index is 0.303. The smallest absolute Gasteiger partial charge is 0.348 e. The van der Waals surface area contributed by atoms with Gasteiger partial charge in [-0.05, 0) is 42.3 Å². The number of fused-ring (bicyclic) bond motifs is 2. The van der Waals surface area contributed by atoms with E-state index in [-0.39, 0.29) is 5.97 Å². The highest BCUT2D eigenvalue weighted by molar-refractivity contribution is 7.89. The van der Waals surface area contributed by atoms with Crippen LogP contribution >= 0.6 is 11.3 Å². The summed E-state index contributed by atoms with van der Waals surface area (Å²) in [5.41, 5.74) is 0.792. The molecule has 176 valence electrons. The van der Waals surface area contributed by atoms with Crippen LogP contribution in [0.15, 0.2) is 53.7 Å². The van der Waals surface area contributed by atoms with Crippen molar-refractivity contribution < 1.29 is 17.9 Å². The Kier molecular flexibility index (Phi) is 5.97. The zero-order chi connectivity index (χ0) is 23.9. The Balaban J connectivity index is 1.39. The molecule has 0 spiro atoms. The number of hydrogen-bond donors (Lipinski definition) is 0. The monoisotopic (exact) mass is 496 g/mol. The molecule has 2 aromatic heterocycles. The quantitative estimate of drug-likeness (QED) is 0.388. The van der Waals surface area contributed by atoms with Crippen molar-refractivity contribution in [3.8, 4) is 0 Å². The molecule has 1 fully saturated rings. The molecule has 8 nitrogen and oxygen atoms in total. The van der Waals surface area contributed by atoms with E-state index in [4.69, 9.17) is 4.74 Å². The average Bonchev–Trinajstić information content (AvgIpc) is 3.20. The maximum atomic E-state index is 13.3. The second kappa shape index (κ2) is 8.94. The van der Waals surface area contributed by atoms with E-state index < -0.39 is 10.0 Å². The van der Waals surface area contributed by atoms with E-state index in [1.165, 1.54) is 22.0 Å². The molecule has 0 atom stereocenters. The molecular formula is C24H24N4O4S2. The Morgan fingerprint density at radius 1 is 1.06 bits per heavy atom. The van der Waals surface area contributed by atoms with Crippen molar-refractivity contribution in [2.75, 3.05) is 37.7 Å². The summed E-state index contributed by atoms with van der Waals surface area (Å²) in [5.74, 6) is 0.359. The van der Waals surface area contributed by atoms with Crippen molar-refractivity contribution in [1.82, 2.24) is 14.3 Å². The number of ether oxygens (including phenoxy) is 1. The molecule has 0 bridgehead atoms. The van der Waals surface area contributed by atoms with E-state index >= 15 is 0 Å². The lowest BCUT2D eigenvalue weighted by molar-refractivity contribution is 0.0531. The van der Waals surface area contributed by atoms with Crippen molar-refractivity contribution in [3.63, 3.8) is 0 Å². The standard InChI is InChI=1S/C24H24N4O4S2/c1-3-32-24(29)21-16(2)20-22(25-15-26-23(20)33-21)27-10-12-28(13-11-27)34(30,31)19-9-8-17-6-4-5-7-18(17)14-19/h4-9,14-15H,3,10-13H2,1-2H3. The number of sulfonamides is 1. The van der Waals surface area contributed by atoms with Crippen LogP contribution in [-0.2, 0) is 14.8 Å². The number of nitrogens with zero attached hydrogens (tertiary/aromatic N) is 4. The predicted molar refractivity (Wildman–Crippen MR) is 133 cm³/mol. The summed E-state index contributed by atoms with van der Waals surface area (Å²) >= 11 is 1.29. The Morgan fingerprint density at radius 2 is 1.79 bits per heavy atom. The maximum absolute atomic E-state index is 13.3. The molecule has 0 N–H and O–H groups in total. The fourth-order valence-corrected chi connectivity index (χ4v) is 6.80. The first kappa shape index (κ1) is 22.7. The van der Waals surface area contributed by atoms with Gasteiger partial charge in [0.05, 0.1) is 16.9 Å². The summed E-state index contributed by atoms with van der Waals surface area (Å²) in [6, 6.07) is 13.0. The van der Waals surface area contributed by atoms with Gasteiger partial charge in [0.2, 0.25) is 10.0 Å². The topological polar surface area (TPSA) is 92.7 Å². The zero-order valence-electron chi connectivity index (χ0n) is 18.9. The Hall–Kier alpha value is -3.08. The van der Waals surface area contributed by atoms with Gasteiger partial charge in [-0.15, -0.1) is 11.3 Å². The van der Waals surface area contributed by atoms with E-state index in [0.717, 1.165) is 32.4 Å². The fourth-order valence-electron chi connectivity index (χ4n) is 4.30. The molecule has 1 aliphatic heterocycles. The SMILES string of the molecule is CCOC(=O)c1sc2ncnc(N3CCN(S(=O)(=O)c4ccc5ccccc5c4)CC3)c2c1C. The summed E-state index contributed by atoms with van der Waals surface area (Å²) in [4.78, 5) is 24.8. The van der Waals surface area contributed by atoms with Gasteiger partial charge in [0.15, 0.2) is 0 Å². The van der Waals surface area contributed by atoms with E-state index in [1.807, 2.05) is 37.3 Å². The molecule has 3 heterocycles. The molecule has 0 radical (unpaired) electrons. The van der Waals surface area contributed by atoms with E-state index in [0.29, 0.717) is 42.6 Å². The molecular weight excluding hydrogens is 472 g/mol. The third kappa shape index (κ3) is 3.91. The predicted octanol–water partition coefficient (Wildman–Crippen LogP) is 3.84. The lowest BCUT2D eigenvalue weighted by Crippen LogP contribution is -2.49. The number of benzene rings is 2.